The van der Waals surface area contributed by atoms with Crippen LogP contribution in [0.5, 0.6) is 34.5 Å². The molecule has 6 aromatic rings. The van der Waals surface area contributed by atoms with E-state index < -0.39 is 0 Å². The van der Waals surface area contributed by atoms with E-state index in [1.165, 1.54) is 0 Å². The van der Waals surface area contributed by atoms with Crippen molar-refractivity contribution < 1.29 is 48.5 Å². The molecule has 0 spiro atoms. The molecule has 0 aromatic heterocycles. The van der Waals surface area contributed by atoms with Crippen molar-refractivity contribution >= 4 is 0 Å². The number of methoxy groups -OCH3 is 6. The maximum atomic E-state index is 6.63. The average Bonchev–Trinajstić information content (AvgIpc) is 3.37. The first-order chi connectivity index (χ1) is 32.2. The number of nitrogens with zero attached hydrogens (tertiary/aromatic N) is 6. The quantitative estimate of drug-likeness (QED) is 0.114. The van der Waals surface area contributed by atoms with Gasteiger partial charge in [0.25, 0.3) is 0 Å². The Morgan fingerprint density at radius 3 is 0.418 bits per heavy atom. The minimum absolute atomic E-state index is 0. The third kappa shape index (κ3) is 26.8. The van der Waals surface area contributed by atoms with Crippen molar-refractivity contribution in [2.75, 3.05) is 42.7 Å². The summed E-state index contributed by atoms with van der Waals surface area (Å²) in [5.74, 6) is 4.99. The second-order valence-electron chi connectivity index (χ2n) is 13.0. The van der Waals surface area contributed by atoms with E-state index in [1.54, 1.807) is 42.7 Å². The molecule has 0 amide bonds. The molecule has 0 aliphatic rings. The van der Waals surface area contributed by atoms with Gasteiger partial charge in [-0.05, 0) is 146 Å². The third-order valence-electron chi connectivity index (χ3n) is 8.52. The molecule has 0 heterocycles. The van der Waals surface area contributed by atoms with E-state index in [0.717, 1.165) is 67.9 Å². The number of benzene rings is 6. The SMILES string of the molecule is [99Tc].[C-]#[N+]Cc1ccc(OC)cc1.[C-]#[N+]Cc1ccc(OC)cc1.[C-]#[N+]Cc1ccc(OC)cc1.[C-]#[N+]Cc1ccc(OC)cc1.[C-]#[N+]Cc1ccc(OC)cc1.[C-]#[N+]Cc1ccc(OC)cc1. The fraction of sp³-hybridized carbons (Fsp3) is 0.222. The molecule has 6 aromatic carbocycles. The van der Waals surface area contributed by atoms with E-state index in [9.17, 15) is 0 Å². The number of hydrogen-bond acceptors (Lipinski definition) is 6. The molecule has 12 nitrogen and oxygen atoms in total. The largest absolute Gasteiger partial charge is 0.497 e. The first-order valence-corrected chi connectivity index (χ1v) is 20.0. The Hall–Kier alpha value is -8.29. The van der Waals surface area contributed by atoms with Crippen LogP contribution in [0.1, 0.15) is 33.4 Å². The van der Waals surface area contributed by atoms with Crippen LogP contribution in [0.15, 0.2) is 146 Å². The Labute approximate surface area is 410 Å². The predicted molar refractivity (Wildman–Crippen MR) is 260 cm³/mol. The average molecular weight is 982 g/mol. The Bertz CT molecular complexity index is 2020. The predicted octanol–water partition coefficient (Wildman–Crippen LogP) is 12.7. The number of rotatable bonds is 12. The zero-order valence-corrected chi connectivity index (χ0v) is 40.5. The van der Waals surface area contributed by atoms with Crippen molar-refractivity contribution in [2.45, 2.75) is 39.3 Å². The molecule has 6 rings (SSSR count). The van der Waals surface area contributed by atoms with Gasteiger partial charge in [-0.1, -0.05) is 0 Å². The van der Waals surface area contributed by atoms with E-state index in [-0.39, 0.29) is 20.1 Å². The Kier molecular flexibility index (Phi) is 33.5. The molecule has 0 saturated heterocycles. The third-order valence-corrected chi connectivity index (χ3v) is 8.52. The summed E-state index contributed by atoms with van der Waals surface area (Å²) in [6.07, 6.45) is 0. The van der Waals surface area contributed by atoms with Gasteiger partial charge in [0, 0.05) is 53.5 Å². The smallest absolute Gasteiger partial charge is 0.239 e. The molecule has 0 fully saturated rings. The van der Waals surface area contributed by atoms with Gasteiger partial charge in [-0.25, -0.2) is 39.4 Å². The molecule has 13 heteroatoms. The van der Waals surface area contributed by atoms with Crippen molar-refractivity contribution in [3.8, 4) is 34.5 Å². The van der Waals surface area contributed by atoms with E-state index in [1.807, 2.05) is 146 Å². The minimum Gasteiger partial charge on any atom is -0.497 e. The van der Waals surface area contributed by atoms with Crippen LogP contribution in [-0.2, 0) is 59.4 Å². The molecule has 0 unspecified atom stereocenters. The van der Waals surface area contributed by atoms with Gasteiger partial charge in [0.15, 0.2) is 0 Å². The van der Waals surface area contributed by atoms with Crippen LogP contribution >= 0.6 is 0 Å². The van der Waals surface area contributed by atoms with Gasteiger partial charge < -0.3 is 57.5 Å². The molecule has 0 aliphatic heterocycles. The van der Waals surface area contributed by atoms with Crippen LogP contribution in [0.4, 0.5) is 0 Å². The first kappa shape index (κ1) is 58.7. The van der Waals surface area contributed by atoms with Crippen molar-refractivity contribution in [3.63, 3.8) is 0 Å². The molecular formula is C54H54N6O6Tc. The second kappa shape index (κ2) is 38.2. The monoisotopic (exact) mass is 981 g/mol. The Morgan fingerprint density at radius 1 is 0.239 bits per heavy atom. The molecule has 0 saturated carbocycles. The van der Waals surface area contributed by atoms with Crippen LogP contribution < -0.4 is 28.4 Å². The van der Waals surface area contributed by atoms with Gasteiger partial charge in [-0.15, -0.1) is 0 Å². The molecule has 0 N–H and O–H groups in total. The summed E-state index contributed by atoms with van der Waals surface area (Å²) in [6.45, 7) is 42.5. The van der Waals surface area contributed by atoms with Crippen molar-refractivity contribution in [1.29, 1.82) is 0 Å². The van der Waals surface area contributed by atoms with Gasteiger partial charge in [-0.3, -0.25) is 0 Å². The van der Waals surface area contributed by atoms with Crippen molar-refractivity contribution in [3.05, 3.63) is 247 Å². The summed E-state index contributed by atoms with van der Waals surface area (Å²) >= 11 is 0. The summed E-state index contributed by atoms with van der Waals surface area (Å²) in [4.78, 5) is 19.6. The topological polar surface area (TPSA) is 81.5 Å². The summed E-state index contributed by atoms with van der Waals surface area (Å²) < 4.78 is 29.8. The van der Waals surface area contributed by atoms with Gasteiger partial charge in [0.1, 0.15) is 34.5 Å². The molecule has 343 valence electrons. The molecular weight excluding hydrogens is 928 g/mol. The number of ether oxygens (including phenoxy) is 6. The Balaban J connectivity index is 0.000000778. The maximum Gasteiger partial charge on any atom is 0.239 e. The van der Waals surface area contributed by atoms with Crippen molar-refractivity contribution in [2.24, 2.45) is 0 Å². The normalized spacial score (nSPS) is 8.60. The summed E-state index contributed by atoms with van der Waals surface area (Å²) in [5, 5.41) is 0. The second-order valence-corrected chi connectivity index (χ2v) is 13.0. The molecule has 0 atom stereocenters. The van der Waals surface area contributed by atoms with Gasteiger partial charge in [0.05, 0.1) is 42.7 Å². The molecule has 67 heavy (non-hydrogen) atoms. The number of hydrogen-bond donors (Lipinski definition) is 0. The van der Waals surface area contributed by atoms with Crippen LogP contribution in [0.3, 0.4) is 0 Å². The maximum absolute atomic E-state index is 6.63. The van der Waals surface area contributed by atoms with Gasteiger partial charge >= 0.3 is 0 Å². The zero-order valence-electron chi connectivity index (χ0n) is 38.6. The fourth-order valence-electron chi connectivity index (χ4n) is 4.93. The van der Waals surface area contributed by atoms with Gasteiger partial charge in [0.2, 0.25) is 39.3 Å². The molecule has 0 aliphatic carbocycles. The van der Waals surface area contributed by atoms with Crippen molar-refractivity contribution in [1.82, 2.24) is 0 Å². The van der Waals surface area contributed by atoms with Crippen LogP contribution in [0.2, 0.25) is 0 Å². The standard InChI is InChI=1S/6C9H9NO.Tc/c6*1-10-7-8-3-5-9(11-2)6-4-8;/h6*3-6H,7H2,2H3;/i;;;;;;1+1. The van der Waals surface area contributed by atoms with E-state index >= 15 is 0 Å². The summed E-state index contributed by atoms with van der Waals surface area (Å²) in [7, 11) is 9.77. The van der Waals surface area contributed by atoms with Gasteiger partial charge in [-0.2, -0.15) is 0 Å². The Morgan fingerprint density at radius 2 is 0.343 bits per heavy atom. The van der Waals surface area contributed by atoms with Crippen LogP contribution in [0, 0.1) is 39.4 Å². The zero-order chi connectivity index (χ0) is 48.6. The summed E-state index contributed by atoms with van der Waals surface area (Å²) in [5.41, 5.74) is 6.17. The fourth-order valence-corrected chi connectivity index (χ4v) is 4.93. The van der Waals surface area contributed by atoms with E-state index in [4.69, 9.17) is 67.9 Å². The molecule has 1 radical (unpaired) electrons. The first-order valence-electron chi connectivity index (χ1n) is 20.0. The van der Waals surface area contributed by atoms with E-state index in [2.05, 4.69) is 29.1 Å². The van der Waals surface area contributed by atoms with Crippen LogP contribution in [-0.4, -0.2) is 42.7 Å². The summed E-state index contributed by atoms with van der Waals surface area (Å²) in [6, 6.07) is 45.1. The molecule has 0 bridgehead atoms. The van der Waals surface area contributed by atoms with Crippen LogP contribution in [0.25, 0.3) is 29.1 Å². The minimum atomic E-state index is 0. The van der Waals surface area contributed by atoms with E-state index in [0.29, 0.717) is 39.3 Å².